The number of hydrogen-bond acceptors (Lipinski definition) is 6. The molecule has 3 N–H and O–H groups in total. The lowest BCUT2D eigenvalue weighted by atomic mass is 10.2. The van der Waals surface area contributed by atoms with Crippen molar-refractivity contribution >= 4 is 11.6 Å². The first-order chi connectivity index (χ1) is 11.1. The summed E-state index contributed by atoms with van der Waals surface area (Å²) in [6, 6.07) is 0. The number of aromatic amines is 2. The Morgan fingerprint density at radius 1 is 1.26 bits per heavy atom. The second kappa shape index (κ2) is 5.00. The number of carbonyl (C=O) groups excluding carboxylic acids is 1. The number of anilines is 1. The van der Waals surface area contributed by atoms with Crippen molar-refractivity contribution in [3.05, 3.63) is 28.3 Å². The van der Waals surface area contributed by atoms with Crippen LogP contribution in [-0.4, -0.2) is 46.5 Å². The highest BCUT2D eigenvalue weighted by atomic mass is 16.2. The van der Waals surface area contributed by atoms with E-state index in [0.29, 0.717) is 23.0 Å². The summed E-state index contributed by atoms with van der Waals surface area (Å²) in [5, 5.41) is 28.0. The Kier molecular flexibility index (Phi) is 2.96. The number of aryl methyl sites for hydroxylation is 2. The standard InChI is InChI=1S/C13H15N9O/c1-6-10(7(2)22(19-6)13-17-20-21-18-13)14-12(23)11-8-4-3-5-9(8)15-16-11/h3-5H2,1-2H3,(H,14,23)(H,15,16)(H,17,18,20,21). The molecule has 0 atom stereocenters. The highest BCUT2D eigenvalue weighted by Crippen LogP contribution is 2.25. The Morgan fingerprint density at radius 2 is 2.13 bits per heavy atom. The average Bonchev–Trinajstić information content (AvgIpc) is 3.27. The molecular weight excluding hydrogens is 298 g/mol. The molecule has 1 aliphatic rings. The zero-order chi connectivity index (χ0) is 16.0. The molecular formula is C13H15N9O. The fourth-order valence-electron chi connectivity index (χ4n) is 2.94. The Bertz CT molecular complexity index is 874. The minimum absolute atomic E-state index is 0.233. The predicted molar refractivity (Wildman–Crippen MR) is 79.3 cm³/mol. The van der Waals surface area contributed by atoms with Gasteiger partial charge in [-0.05, 0) is 38.3 Å². The summed E-state index contributed by atoms with van der Waals surface area (Å²) in [6.45, 7) is 3.65. The van der Waals surface area contributed by atoms with Gasteiger partial charge in [0, 0.05) is 11.3 Å². The molecule has 0 aromatic carbocycles. The van der Waals surface area contributed by atoms with Gasteiger partial charge in [0.15, 0.2) is 5.69 Å². The minimum Gasteiger partial charge on any atom is -0.317 e. The Morgan fingerprint density at radius 3 is 2.91 bits per heavy atom. The van der Waals surface area contributed by atoms with Crippen LogP contribution < -0.4 is 5.32 Å². The maximum Gasteiger partial charge on any atom is 0.290 e. The van der Waals surface area contributed by atoms with Crippen LogP contribution in [0.2, 0.25) is 0 Å². The van der Waals surface area contributed by atoms with E-state index in [1.54, 1.807) is 0 Å². The smallest absolute Gasteiger partial charge is 0.290 e. The van der Waals surface area contributed by atoms with Crippen LogP contribution in [0.1, 0.15) is 39.6 Å². The molecule has 10 nitrogen and oxygen atoms in total. The monoisotopic (exact) mass is 313 g/mol. The molecule has 3 aromatic heterocycles. The first kappa shape index (κ1) is 13.6. The number of fused-ring (bicyclic) bond motifs is 1. The van der Waals surface area contributed by atoms with Crippen LogP contribution in [0.25, 0.3) is 5.95 Å². The zero-order valence-electron chi connectivity index (χ0n) is 12.7. The molecule has 0 bridgehead atoms. The summed E-state index contributed by atoms with van der Waals surface area (Å²) in [5.41, 5.74) is 4.57. The van der Waals surface area contributed by atoms with Crippen LogP contribution in [0.3, 0.4) is 0 Å². The summed E-state index contributed by atoms with van der Waals surface area (Å²) < 4.78 is 1.53. The molecule has 10 heteroatoms. The number of amides is 1. The summed E-state index contributed by atoms with van der Waals surface area (Å²) in [6.07, 6.45) is 2.88. The lowest BCUT2D eigenvalue weighted by molar-refractivity contribution is 0.102. The summed E-state index contributed by atoms with van der Waals surface area (Å²) in [5.74, 6) is 0.0926. The molecule has 1 amide bonds. The Labute approximate surface area is 130 Å². The number of hydrogen-bond donors (Lipinski definition) is 3. The third-order valence-corrected chi connectivity index (χ3v) is 4.07. The van der Waals surface area contributed by atoms with E-state index >= 15 is 0 Å². The van der Waals surface area contributed by atoms with Crippen LogP contribution in [0, 0.1) is 13.8 Å². The third-order valence-electron chi connectivity index (χ3n) is 4.07. The number of nitrogens with one attached hydrogen (secondary N) is 3. The lowest BCUT2D eigenvalue weighted by Crippen LogP contribution is -2.15. The van der Waals surface area contributed by atoms with Gasteiger partial charge in [-0.3, -0.25) is 9.89 Å². The summed E-state index contributed by atoms with van der Waals surface area (Å²) >= 11 is 0. The van der Waals surface area contributed by atoms with E-state index in [0.717, 1.165) is 36.2 Å². The van der Waals surface area contributed by atoms with Crippen LogP contribution in [0.5, 0.6) is 0 Å². The zero-order valence-corrected chi connectivity index (χ0v) is 12.7. The molecule has 3 aromatic rings. The molecule has 0 saturated heterocycles. The summed E-state index contributed by atoms with van der Waals surface area (Å²) in [4.78, 5) is 12.6. The van der Waals surface area contributed by atoms with E-state index in [4.69, 9.17) is 0 Å². The van der Waals surface area contributed by atoms with E-state index in [1.165, 1.54) is 4.68 Å². The Hall–Kier alpha value is -3.04. The Balaban J connectivity index is 1.65. The number of H-pyrrole nitrogens is 2. The van der Waals surface area contributed by atoms with Crippen LogP contribution in [0.15, 0.2) is 0 Å². The number of nitrogens with zero attached hydrogens (tertiary/aromatic N) is 6. The molecule has 4 rings (SSSR count). The molecule has 23 heavy (non-hydrogen) atoms. The minimum atomic E-state index is -0.233. The van der Waals surface area contributed by atoms with Crippen molar-refractivity contribution in [3.8, 4) is 5.95 Å². The first-order valence-corrected chi connectivity index (χ1v) is 7.32. The quantitative estimate of drug-likeness (QED) is 0.644. The molecule has 0 saturated carbocycles. The summed E-state index contributed by atoms with van der Waals surface area (Å²) in [7, 11) is 0. The van der Waals surface area contributed by atoms with Crippen molar-refractivity contribution in [2.75, 3.05) is 5.32 Å². The molecule has 0 aliphatic heterocycles. The topological polar surface area (TPSA) is 130 Å². The molecule has 0 spiro atoms. The van der Waals surface area contributed by atoms with Crippen molar-refractivity contribution in [2.45, 2.75) is 33.1 Å². The molecule has 3 heterocycles. The largest absolute Gasteiger partial charge is 0.317 e. The van der Waals surface area contributed by atoms with Crippen LogP contribution >= 0.6 is 0 Å². The van der Waals surface area contributed by atoms with Crippen LogP contribution in [0.4, 0.5) is 5.69 Å². The SMILES string of the molecule is Cc1nn(-c2nn[nH]n2)c(C)c1NC(=O)c1n[nH]c2c1CCC2. The molecule has 0 radical (unpaired) electrons. The van der Waals surface area contributed by atoms with Gasteiger partial charge < -0.3 is 5.32 Å². The first-order valence-electron chi connectivity index (χ1n) is 7.32. The van der Waals surface area contributed by atoms with E-state index in [9.17, 15) is 4.79 Å². The molecule has 0 fully saturated rings. The van der Waals surface area contributed by atoms with Gasteiger partial charge in [-0.2, -0.15) is 20.1 Å². The molecule has 0 unspecified atom stereocenters. The molecule has 118 valence electrons. The van der Waals surface area contributed by atoms with E-state index in [2.05, 4.69) is 41.2 Å². The van der Waals surface area contributed by atoms with Gasteiger partial charge in [-0.15, -0.1) is 5.10 Å². The number of carbonyl (C=O) groups is 1. The fraction of sp³-hybridized carbons (Fsp3) is 0.385. The van der Waals surface area contributed by atoms with E-state index in [1.807, 2.05) is 13.8 Å². The van der Waals surface area contributed by atoms with Crippen LogP contribution in [-0.2, 0) is 12.8 Å². The van der Waals surface area contributed by atoms with E-state index < -0.39 is 0 Å². The second-order valence-corrected chi connectivity index (χ2v) is 5.51. The van der Waals surface area contributed by atoms with Crippen molar-refractivity contribution in [3.63, 3.8) is 0 Å². The van der Waals surface area contributed by atoms with Crippen molar-refractivity contribution in [2.24, 2.45) is 0 Å². The van der Waals surface area contributed by atoms with E-state index in [-0.39, 0.29) is 5.91 Å². The van der Waals surface area contributed by atoms with Gasteiger partial charge in [-0.1, -0.05) is 5.10 Å². The number of rotatable bonds is 3. The third kappa shape index (κ3) is 2.10. The predicted octanol–water partition coefficient (Wildman–Crippen LogP) is 0.466. The maximum atomic E-state index is 12.6. The number of tetrazole rings is 1. The average molecular weight is 313 g/mol. The van der Waals surface area contributed by atoms with Crippen molar-refractivity contribution in [1.29, 1.82) is 0 Å². The lowest BCUT2D eigenvalue weighted by Gasteiger charge is -2.05. The highest BCUT2D eigenvalue weighted by molar-refractivity contribution is 6.04. The highest BCUT2D eigenvalue weighted by Gasteiger charge is 2.25. The van der Waals surface area contributed by atoms with Gasteiger partial charge in [-0.25, -0.2) is 0 Å². The number of aromatic nitrogens is 8. The second-order valence-electron chi connectivity index (χ2n) is 5.51. The maximum absolute atomic E-state index is 12.6. The van der Waals surface area contributed by atoms with Gasteiger partial charge in [0.25, 0.3) is 11.9 Å². The molecule has 1 aliphatic carbocycles. The van der Waals surface area contributed by atoms with Crippen molar-refractivity contribution < 1.29 is 4.79 Å². The van der Waals surface area contributed by atoms with Gasteiger partial charge >= 0.3 is 0 Å². The van der Waals surface area contributed by atoms with Crippen molar-refractivity contribution in [1.82, 2.24) is 40.6 Å². The van der Waals surface area contributed by atoms with Gasteiger partial charge in [0.05, 0.1) is 17.1 Å². The normalized spacial score (nSPS) is 13.3. The van der Waals surface area contributed by atoms with Gasteiger partial charge in [0.1, 0.15) is 0 Å². The fourth-order valence-corrected chi connectivity index (χ4v) is 2.94. The van der Waals surface area contributed by atoms with Gasteiger partial charge in [0.2, 0.25) is 0 Å².